The van der Waals surface area contributed by atoms with E-state index in [-0.39, 0.29) is 0 Å². The predicted octanol–water partition coefficient (Wildman–Crippen LogP) is 18.4. The van der Waals surface area contributed by atoms with Crippen LogP contribution in [-0.4, -0.2) is 6.54 Å². The number of hydrogen-bond acceptors (Lipinski definition) is 2. The molecule has 0 unspecified atom stereocenters. The maximum atomic E-state index is 2.50. The number of benzene rings is 12. The minimum absolute atomic E-state index is 0.914. The number of para-hydroxylation sites is 3. The van der Waals surface area contributed by atoms with Gasteiger partial charge in [0.05, 0.1) is 0 Å². The molecule has 330 valence electrons. The zero-order valence-corrected chi connectivity index (χ0v) is 38.8. The quantitative estimate of drug-likeness (QED) is 0.154. The van der Waals surface area contributed by atoms with Gasteiger partial charge in [-0.15, -0.1) is 0 Å². The van der Waals surface area contributed by atoms with Crippen LogP contribution >= 0.6 is 0 Å². The van der Waals surface area contributed by atoms with Gasteiger partial charge in [0.25, 0.3) is 0 Å². The van der Waals surface area contributed by atoms with Gasteiger partial charge < -0.3 is 9.80 Å². The number of fused-ring (bicyclic) bond motifs is 10. The normalized spacial score (nSPS) is 13.1. The minimum Gasteiger partial charge on any atom is -0.341 e. The number of aryl methyl sites for hydroxylation is 1. The van der Waals surface area contributed by atoms with E-state index >= 15 is 0 Å². The van der Waals surface area contributed by atoms with Crippen molar-refractivity contribution in [1.29, 1.82) is 0 Å². The van der Waals surface area contributed by atoms with Crippen molar-refractivity contribution in [3.05, 3.63) is 259 Å². The predicted molar refractivity (Wildman–Crippen MR) is 297 cm³/mol. The van der Waals surface area contributed by atoms with E-state index < -0.39 is 0 Å². The summed E-state index contributed by atoms with van der Waals surface area (Å²) in [6.45, 7) is 1.03. The Labute approximate surface area is 409 Å². The van der Waals surface area contributed by atoms with Gasteiger partial charge in [-0.2, -0.15) is 0 Å². The monoisotopic (exact) mass is 892 g/mol. The Kier molecular flexibility index (Phi) is 9.52. The van der Waals surface area contributed by atoms with E-state index in [1.807, 2.05) is 0 Å². The number of rotatable bonds is 6. The molecule has 2 aliphatic heterocycles. The topological polar surface area (TPSA) is 6.48 Å². The van der Waals surface area contributed by atoms with Crippen LogP contribution in [0.3, 0.4) is 0 Å². The largest absolute Gasteiger partial charge is 0.341 e. The van der Waals surface area contributed by atoms with E-state index in [9.17, 15) is 0 Å². The smallest absolute Gasteiger partial charge is 0.0497 e. The summed E-state index contributed by atoms with van der Waals surface area (Å²) in [6, 6.07) is 90.7. The minimum atomic E-state index is 0.914. The molecule has 0 fully saturated rings. The third-order valence-corrected chi connectivity index (χ3v) is 15.1. The molecule has 0 amide bonds. The fourth-order valence-corrected chi connectivity index (χ4v) is 11.9. The van der Waals surface area contributed by atoms with E-state index in [1.54, 1.807) is 0 Å². The van der Waals surface area contributed by atoms with E-state index in [1.165, 1.54) is 127 Å². The lowest BCUT2D eigenvalue weighted by atomic mass is 9.81. The van der Waals surface area contributed by atoms with Gasteiger partial charge in [-0.05, 0) is 178 Å². The SMILES string of the molecule is c1ccc(-c2cc(-c3ccccc3)c3c4ccc(-c5ccc6cc(N7CCCc8ccccc87)ccc6c5)cc4c4cc(N5c6ccccc6Cc6ccccc65)ccc4c3c2-c2ccccc2)cc1. The van der Waals surface area contributed by atoms with Gasteiger partial charge in [0, 0.05) is 41.4 Å². The van der Waals surface area contributed by atoms with Crippen LogP contribution in [-0.2, 0) is 12.8 Å². The summed E-state index contributed by atoms with van der Waals surface area (Å²) < 4.78 is 0. The van der Waals surface area contributed by atoms with Crippen LogP contribution in [0, 0.1) is 0 Å². The van der Waals surface area contributed by atoms with Crippen LogP contribution in [0.15, 0.2) is 243 Å². The summed E-state index contributed by atoms with van der Waals surface area (Å²) >= 11 is 0. The molecule has 2 heteroatoms. The average Bonchev–Trinajstić information content (AvgIpc) is 3.44. The molecule has 0 atom stereocenters. The summed E-state index contributed by atoms with van der Waals surface area (Å²) in [5.74, 6) is 0. The lowest BCUT2D eigenvalue weighted by Gasteiger charge is -2.33. The Morgan fingerprint density at radius 2 is 0.843 bits per heavy atom. The van der Waals surface area contributed by atoms with Gasteiger partial charge in [-0.25, -0.2) is 0 Å². The molecule has 0 N–H and O–H groups in total. The first-order chi connectivity index (χ1) is 34.7. The van der Waals surface area contributed by atoms with Crippen molar-refractivity contribution >= 4 is 71.5 Å². The Bertz CT molecular complexity index is 3960. The van der Waals surface area contributed by atoms with E-state index in [0.29, 0.717) is 0 Å². The third kappa shape index (κ3) is 6.63. The Morgan fingerprint density at radius 1 is 0.314 bits per heavy atom. The standard InChI is InChI=1S/C68H48N2/c1-4-17-45(18-5-1)59-44-60(46-19-6-2-7-20-46)67-57-36-33-52(49-30-31-51-41-55(34-32-50(51)39-49)69-38-16-26-47-21-10-13-27-63(47)69)42-61(57)62-43-56(35-37-58(62)68(67)66(59)48-22-8-3-9-23-48)70-64-28-14-11-24-53(64)40-54-25-12-15-29-65(54)70/h1-15,17-25,27-37,39,41-44H,16,26,38,40H2. The molecule has 12 aromatic rings. The molecular formula is C68H48N2. The van der Waals surface area contributed by atoms with Gasteiger partial charge in [-0.1, -0.05) is 182 Å². The molecule has 0 bridgehead atoms. The highest BCUT2D eigenvalue weighted by Gasteiger charge is 2.27. The van der Waals surface area contributed by atoms with Gasteiger partial charge in [0.15, 0.2) is 0 Å². The molecule has 0 aromatic heterocycles. The van der Waals surface area contributed by atoms with Crippen LogP contribution in [0.4, 0.5) is 28.4 Å². The molecule has 0 aliphatic carbocycles. The zero-order valence-electron chi connectivity index (χ0n) is 38.8. The fourth-order valence-electron chi connectivity index (χ4n) is 11.9. The Morgan fingerprint density at radius 3 is 1.57 bits per heavy atom. The van der Waals surface area contributed by atoms with Crippen LogP contribution in [0.1, 0.15) is 23.1 Å². The van der Waals surface area contributed by atoms with E-state index in [2.05, 4.69) is 252 Å². The van der Waals surface area contributed by atoms with Gasteiger partial charge in [0.1, 0.15) is 0 Å². The van der Waals surface area contributed by atoms with Crippen molar-refractivity contribution in [2.24, 2.45) is 0 Å². The maximum Gasteiger partial charge on any atom is 0.0497 e. The molecule has 0 saturated carbocycles. The summed E-state index contributed by atoms with van der Waals surface area (Å²) in [5, 5.41) is 9.98. The number of nitrogens with zero attached hydrogens (tertiary/aromatic N) is 2. The highest BCUT2D eigenvalue weighted by atomic mass is 15.2. The summed E-state index contributed by atoms with van der Waals surface area (Å²) in [7, 11) is 0. The first-order valence-corrected chi connectivity index (χ1v) is 24.7. The lowest BCUT2D eigenvalue weighted by molar-refractivity contribution is 0.767. The van der Waals surface area contributed by atoms with Crippen molar-refractivity contribution in [1.82, 2.24) is 0 Å². The second-order valence-corrected chi connectivity index (χ2v) is 19.1. The number of hydrogen-bond donors (Lipinski definition) is 0. The third-order valence-electron chi connectivity index (χ3n) is 15.1. The second kappa shape index (κ2) is 16.5. The number of anilines is 5. The molecule has 70 heavy (non-hydrogen) atoms. The van der Waals surface area contributed by atoms with E-state index in [4.69, 9.17) is 0 Å². The van der Waals surface area contributed by atoms with E-state index in [0.717, 1.165) is 31.5 Å². The summed E-state index contributed by atoms with van der Waals surface area (Å²) in [6.07, 6.45) is 3.21. The molecule has 0 radical (unpaired) electrons. The second-order valence-electron chi connectivity index (χ2n) is 19.1. The zero-order chi connectivity index (χ0) is 46.1. The van der Waals surface area contributed by atoms with Gasteiger partial charge in [-0.3, -0.25) is 0 Å². The Balaban J connectivity index is 1.05. The van der Waals surface area contributed by atoms with Crippen molar-refractivity contribution in [3.8, 4) is 44.5 Å². The van der Waals surface area contributed by atoms with Crippen molar-refractivity contribution in [2.45, 2.75) is 19.3 Å². The van der Waals surface area contributed by atoms with Gasteiger partial charge in [0.2, 0.25) is 0 Å². The Hall–Kier alpha value is -8.72. The van der Waals surface area contributed by atoms with Crippen LogP contribution in [0.5, 0.6) is 0 Å². The highest BCUT2D eigenvalue weighted by molar-refractivity contribution is 6.33. The van der Waals surface area contributed by atoms with Crippen molar-refractivity contribution in [2.75, 3.05) is 16.3 Å². The molecule has 2 nitrogen and oxygen atoms in total. The van der Waals surface area contributed by atoms with Crippen molar-refractivity contribution in [3.63, 3.8) is 0 Å². The molecule has 2 heterocycles. The fraction of sp³-hybridized carbons (Fsp3) is 0.0588. The van der Waals surface area contributed by atoms with Crippen LogP contribution in [0.25, 0.3) is 87.6 Å². The molecule has 14 rings (SSSR count). The van der Waals surface area contributed by atoms with Crippen LogP contribution in [0.2, 0.25) is 0 Å². The maximum absolute atomic E-state index is 2.50. The van der Waals surface area contributed by atoms with Crippen molar-refractivity contribution < 1.29 is 0 Å². The highest BCUT2D eigenvalue weighted by Crippen LogP contribution is 2.52. The summed E-state index contributed by atoms with van der Waals surface area (Å²) in [4.78, 5) is 4.98. The molecule has 2 aliphatic rings. The first kappa shape index (κ1) is 40.4. The lowest BCUT2D eigenvalue weighted by Crippen LogP contribution is -2.24. The summed E-state index contributed by atoms with van der Waals surface area (Å²) in [5.41, 5.74) is 20.0. The first-order valence-electron chi connectivity index (χ1n) is 24.7. The molecule has 0 saturated heterocycles. The average molecular weight is 893 g/mol. The van der Waals surface area contributed by atoms with Gasteiger partial charge >= 0.3 is 0 Å². The molecule has 0 spiro atoms. The molecular weight excluding hydrogens is 845 g/mol. The van der Waals surface area contributed by atoms with Crippen LogP contribution < -0.4 is 9.80 Å². The molecule has 12 aromatic carbocycles.